The van der Waals surface area contributed by atoms with E-state index < -0.39 is 0 Å². The molecule has 0 aliphatic carbocycles. The van der Waals surface area contributed by atoms with Crippen LogP contribution in [0.5, 0.6) is 0 Å². The van der Waals surface area contributed by atoms with Gasteiger partial charge in [-0.15, -0.1) is 0 Å². The summed E-state index contributed by atoms with van der Waals surface area (Å²) in [6.45, 7) is 5.93. The third-order valence-corrected chi connectivity index (χ3v) is 2.01. The quantitative estimate of drug-likeness (QED) is 0.470. The molecule has 1 nitrogen and oxygen atoms in total. The molecule has 0 unspecified atom stereocenters. The van der Waals surface area contributed by atoms with Gasteiger partial charge in [-0.25, -0.2) is 0 Å². The molecule has 1 fully saturated rings. The third-order valence-electron chi connectivity index (χ3n) is 2.01. The van der Waals surface area contributed by atoms with E-state index in [0.29, 0.717) is 0 Å². The lowest BCUT2D eigenvalue weighted by Crippen LogP contribution is -2.32. The van der Waals surface area contributed by atoms with Crippen LogP contribution in [0.15, 0.2) is 0 Å². The predicted octanol–water partition coefficient (Wildman–Crippen LogP) is 2.33. The molecule has 0 amide bonds. The minimum absolute atomic E-state index is 0. The molecule has 0 aromatic carbocycles. The molecule has 0 bridgehead atoms. The molecule has 1 aliphatic rings. The van der Waals surface area contributed by atoms with Gasteiger partial charge in [-0.2, -0.15) is 0 Å². The fourth-order valence-corrected chi connectivity index (χ4v) is 1.14. The van der Waals surface area contributed by atoms with Gasteiger partial charge in [0, 0.05) is 0 Å². The van der Waals surface area contributed by atoms with Gasteiger partial charge in [-0.1, -0.05) is 34.3 Å². The van der Waals surface area contributed by atoms with Crippen LogP contribution >= 0.6 is 0 Å². The van der Waals surface area contributed by atoms with Crippen molar-refractivity contribution in [2.24, 2.45) is 0 Å². The van der Waals surface area contributed by atoms with Crippen LogP contribution in [-0.4, -0.2) is 31.7 Å². The molecule has 1 heterocycles. The second kappa shape index (κ2) is 5.78. The van der Waals surface area contributed by atoms with Crippen LogP contribution in [0.2, 0.25) is 19.5 Å². The van der Waals surface area contributed by atoms with Gasteiger partial charge in [0.15, 0.2) is 0 Å². The van der Waals surface area contributed by atoms with E-state index in [2.05, 4.69) is 18.8 Å². The Balaban J connectivity index is 0. The van der Waals surface area contributed by atoms with Crippen LogP contribution in [0.1, 0.15) is 14.9 Å². The Morgan fingerprint density at radius 3 is 1.80 bits per heavy atom. The van der Waals surface area contributed by atoms with Crippen molar-refractivity contribution in [3.05, 3.63) is 0 Å². The highest BCUT2D eigenvalue weighted by Crippen LogP contribution is 2.07. The molecule has 0 radical (unpaired) electrons. The van der Waals surface area contributed by atoms with Crippen molar-refractivity contribution in [1.29, 1.82) is 0 Å². The van der Waals surface area contributed by atoms with E-state index in [1.54, 1.807) is 0 Å². The molecule has 0 N–H and O–H groups in total. The van der Waals surface area contributed by atoms with E-state index >= 15 is 0 Å². The number of nitrogens with zero attached hydrogens (tertiary/aromatic N) is 1. The van der Waals surface area contributed by atoms with E-state index in [4.69, 9.17) is 0 Å². The largest absolute Gasteiger partial charge is 0.308 e. The third kappa shape index (κ3) is 3.94. The summed E-state index contributed by atoms with van der Waals surface area (Å²) in [5.74, 6) is 0. The van der Waals surface area contributed by atoms with Crippen molar-refractivity contribution in [2.45, 2.75) is 34.3 Å². The SMILES string of the molecule is C.C.CB1CCN(C)CC1. The first-order valence-corrected chi connectivity index (χ1v) is 3.47. The molecule has 1 rings (SSSR count). The summed E-state index contributed by atoms with van der Waals surface area (Å²) in [5, 5.41) is 0. The fraction of sp³-hybridized carbons (Fsp3) is 1.00. The Morgan fingerprint density at radius 1 is 1.10 bits per heavy atom. The molecular formula is C8H22BN. The van der Waals surface area contributed by atoms with Crippen molar-refractivity contribution in [1.82, 2.24) is 4.90 Å². The number of rotatable bonds is 0. The van der Waals surface area contributed by atoms with Crippen molar-refractivity contribution in [2.75, 3.05) is 20.1 Å². The minimum atomic E-state index is 0. The van der Waals surface area contributed by atoms with Crippen LogP contribution in [0.3, 0.4) is 0 Å². The van der Waals surface area contributed by atoms with Gasteiger partial charge in [0.05, 0.1) is 0 Å². The second-order valence-corrected chi connectivity index (χ2v) is 2.99. The average molecular weight is 143 g/mol. The first-order valence-electron chi connectivity index (χ1n) is 3.47. The summed E-state index contributed by atoms with van der Waals surface area (Å²) in [6, 6.07) is 0. The molecule has 0 atom stereocenters. The first kappa shape index (κ1) is 12.7. The van der Waals surface area contributed by atoms with Crippen LogP contribution < -0.4 is 0 Å². The summed E-state index contributed by atoms with van der Waals surface area (Å²) in [4.78, 5) is 2.40. The number of hydrogen-bond acceptors (Lipinski definition) is 1. The first-order chi connectivity index (χ1) is 3.79. The van der Waals surface area contributed by atoms with Gasteiger partial charge in [-0.05, 0) is 20.1 Å². The van der Waals surface area contributed by atoms with Crippen LogP contribution in [0.4, 0.5) is 0 Å². The molecule has 62 valence electrons. The average Bonchev–Trinajstić information content (AvgIpc) is 1.77. The molecule has 1 saturated heterocycles. The Bertz CT molecular complexity index is 57.7. The molecule has 0 saturated carbocycles. The van der Waals surface area contributed by atoms with E-state index in [-0.39, 0.29) is 14.9 Å². The van der Waals surface area contributed by atoms with Gasteiger partial charge >= 0.3 is 0 Å². The Morgan fingerprint density at radius 2 is 1.50 bits per heavy atom. The summed E-state index contributed by atoms with van der Waals surface area (Å²) >= 11 is 0. The van der Waals surface area contributed by atoms with Gasteiger partial charge < -0.3 is 4.90 Å². The lowest BCUT2D eigenvalue weighted by atomic mass is 9.46. The zero-order chi connectivity index (χ0) is 5.98. The van der Waals surface area contributed by atoms with Gasteiger partial charge in [0.2, 0.25) is 0 Å². The Labute approximate surface area is 66.9 Å². The van der Waals surface area contributed by atoms with Crippen molar-refractivity contribution in [3.8, 4) is 0 Å². The van der Waals surface area contributed by atoms with E-state index in [1.807, 2.05) is 0 Å². The molecule has 2 heteroatoms. The van der Waals surface area contributed by atoms with Crippen LogP contribution in [-0.2, 0) is 0 Å². The molecule has 10 heavy (non-hydrogen) atoms. The molecule has 0 aromatic rings. The van der Waals surface area contributed by atoms with Gasteiger partial charge in [0.1, 0.15) is 6.71 Å². The maximum absolute atomic E-state index is 2.40. The summed E-state index contributed by atoms with van der Waals surface area (Å²) < 4.78 is 0. The van der Waals surface area contributed by atoms with E-state index in [1.165, 1.54) is 25.7 Å². The smallest absolute Gasteiger partial charge is 0.139 e. The zero-order valence-electron chi connectivity index (χ0n) is 5.85. The second-order valence-electron chi connectivity index (χ2n) is 2.99. The molecule has 0 spiro atoms. The van der Waals surface area contributed by atoms with Crippen molar-refractivity contribution in [3.63, 3.8) is 0 Å². The Kier molecular flexibility index (Phi) is 7.33. The molecule has 1 aliphatic heterocycles. The predicted molar refractivity (Wildman–Crippen MR) is 52.2 cm³/mol. The van der Waals surface area contributed by atoms with Crippen molar-refractivity contribution < 1.29 is 0 Å². The topological polar surface area (TPSA) is 3.24 Å². The van der Waals surface area contributed by atoms with E-state index in [0.717, 1.165) is 6.71 Å². The summed E-state index contributed by atoms with van der Waals surface area (Å²) in [5.41, 5.74) is 0. The van der Waals surface area contributed by atoms with Crippen LogP contribution in [0, 0.1) is 0 Å². The normalized spacial score (nSPS) is 19.2. The van der Waals surface area contributed by atoms with Crippen LogP contribution in [0.25, 0.3) is 0 Å². The van der Waals surface area contributed by atoms with E-state index in [9.17, 15) is 0 Å². The zero-order valence-corrected chi connectivity index (χ0v) is 5.85. The number of hydrogen-bond donors (Lipinski definition) is 0. The highest BCUT2D eigenvalue weighted by molar-refractivity contribution is 6.57. The van der Waals surface area contributed by atoms with Gasteiger partial charge in [-0.3, -0.25) is 0 Å². The lowest BCUT2D eigenvalue weighted by Gasteiger charge is -2.24. The summed E-state index contributed by atoms with van der Waals surface area (Å²) in [7, 11) is 2.20. The maximum Gasteiger partial charge on any atom is 0.139 e. The highest BCUT2D eigenvalue weighted by Gasteiger charge is 2.13. The minimum Gasteiger partial charge on any atom is -0.308 e. The maximum atomic E-state index is 2.40. The fourth-order valence-electron chi connectivity index (χ4n) is 1.14. The standard InChI is InChI=1S/C6H14BN.2CH4/c1-7-3-5-8(2)6-4-7;;/h3-6H2,1-2H3;2*1H4. The highest BCUT2D eigenvalue weighted by atomic mass is 15.1. The monoisotopic (exact) mass is 143 g/mol. The molecular weight excluding hydrogens is 121 g/mol. The molecule has 0 aromatic heterocycles. The Hall–Kier alpha value is 0.0249. The van der Waals surface area contributed by atoms with Gasteiger partial charge in [0.25, 0.3) is 0 Å². The van der Waals surface area contributed by atoms with Crippen molar-refractivity contribution >= 4 is 6.71 Å². The lowest BCUT2D eigenvalue weighted by molar-refractivity contribution is 0.358. The summed E-state index contributed by atoms with van der Waals surface area (Å²) in [6.07, 6.45) is 2.80.